The SMILES string of the molecule is COc1cccc(Oc2cccc(NN)n2)c1. The van der Waals surface area contributed by atoms with E-state index < -0.39 is 0 Å². The topological polar surface area (TPSA) is 69.4 Å². The van der Waals surface area contributed by atoms with Crippen LogP contribution in [0.3, 0.4) is 0 Å². The molecule has 0 unspecified atom stereocenters. The molecule has 17 heavy (non-hydrogen) atoms. The number of hydrogen-bond donors (Lipinski definition) is 2. The van der Waals surface area contributed by atoms with Gasteiger partial charge in [0.05, 0.1) is 7.11 Å². The van der Waals surface area contributed by atoms with E-state index in [1.54, 1.807) is 31.4 Å². The van der Waals surface area contributed by atoms with Crippen LogP contribution in [0.1, 0.15) is 0 Å². The summed E-state index contributed by atoms with van der Waals surface area (Å²) in [5.74, 6) is 7.67. The molecule has 0 saturated carbocycles. The van der Waals surface area contributed by atoms with Gasteiger partial charge in [0.2, 0.25) is 5.88 Å². The Hall–Kier alpha value is -2.27. The number of pyridine rings is 1. The van der Waals surface area contributed by atoms with Gasteiger partial charge in [-0.1, -0.05) is 12.1 Å². The summed E-state index contributed by atoms with van der Waals surface area (Å²) in [6, 6.07) is 12.6. The van der Waals surface area contributed by atoms with Gasteiger partial charge < -0.3 is 14.9 Å². The van der Waals surface area contributed by atoms with Gasteiger partial charge >= 0.3 is 0 Å². The summed E-state index contributed by atoms with van der Waals surface area (Å²) in [5, 5.41) is 0. The Morgan fingerprint density at radius 3 is 2.65 bits per heavy atom. The maximum Gasteiger partial charge on any atom is 0.221 e. The van der Waals surface area contributed by atoms with E-state index in [9.17, 15) is 0 Å². The van der Waals surface area contributed by atoms with Gasteiger partial charge in [-0.15, -0.1) is 0 Å². The van der Waals surface area contributed by atoms with Crippen LogP contribution < -0.4 is 20.7 Å². The quantitative estimate of drug-likeness (QED) is 0.623. The summed E-state index contributed by atoms with van der Waals surface area (Å²) in [6.07, 6.45) is 0. The molecule has 2 rings (SSSR count). The third kappa shape index (κ3) is 2.85. The molecule has 0 fully saturated rings. The van der Waals surface area contributed by atoms with Gasteiger partial charge in [0.25, 0.3) is 0 Å². The van der Waals surface area contributed by atoms with Crippen LogP contribution >= 0.6 is 0 Å². The molecule has 0 atom stereocenters. The molecule has 0 spiro atoms. The first-order valence-electron chi connectivity index (χ1n) is 5.07. The first kappa shape index (κ1) is 11.2. The maximum atomic E-state index is 5.58. The molecule has 5 nitrogen and oxygen atoms in total. The highest BCUT2D eigenvalue weighted by Gasteiger charge is 2.01. The molecule has 1 aromatic carbocycles. The Morgan fingerprint density at radius 1 is 1.12 bits per heavy atom. The van der Waals surface area contributed by atoms with E-state index in [1.807, 2.05) is 18.2 Å². The number of nitrogen functional groups attached to an aromatic ring is 1. The van der Waals surface area contributed by atoms with Crippen LogP contribution in [0.15, 0.2) is 42.5 Å². The fraction of sp³-hybridized carbons (Fsp3) is 0.0833. The second-order valence-corrected chi connectivity index (χ2v) is 3.29. The summed E-state index contributed by atoms with van der Waals surface area (Å²) in [6.45, 7) is 0. The van der Waals surface area contributed by atoms with Crippen molar-refractivity contribution in [3.8, 4) is 17.4 Å². The van der Waals surface area contributed by atoms with Gasteiger partial charge in [-0.2, -0.15) is 4.98 Å². The van der Waals surface area contributed by atoms with Crippen molar-refractivity contribution in [1.82, 2.24) is 4.98 Å². The number of nitrogens with one attached hydrogen (secondary N) is 1. The van der Waals surface area contributed by atoms with Gasteiger partial charge in [-0.25, -0.2) is 5.84 Å². The van der Waals surface area contributed by atoms with E-state index in [-0.39, 0.29) is 0 Å². The Balaban J connectivity index is 2.18. The third-order valence-corrected chi connectivity index (χ3v) is 2.14. The lowest BCUT2D eigenvalue weighted by atomic mass is 10.3. The normalized spacial score (nSPS) is 9.76. The molecule has 0 aliphatic rings. The number of rotatable bonds is 4. The Labute approximate surface area is 99.2 Å². The summed E-state index contributed by atoms with van der Waals surface area (Å²) >= 11 is 0. The number of benzene rings is 1. The van der Waals surface area contributed by atoms with Crippen molar-refractivity contribution in [3.05, 3.63) is 42.5 Å². The van der Waals surface area contributed by atoms with Crippen molar-refractivity contribution in [2.45, 2.75) is 0 Å². The number of ether oxygens (including phenoxy) is 2. The second kappa shape index (κ2) is 5.18. The number of anilines is 1. The van der Waals surface area contributed by atoms with Crippen LogP contribution in [0.25, 0.3) is 0 Å². The van der Waals surface area contributed by atoms with Crippen molar-refractivity contribution < 1.29 is 9.47 Å². The minimum absolute atomic E-state index is 0.466. The molecule has 88 valence electrons. The Morgan fingerprint density at radius 2 is 1.88 bits per heavy atom. The second-order valence-electron chi connectivity index (χ2n) is 3.29. The highest BCUT2D eigenvalue weighted by molar-refractivity contribution is 5.39. The number of nitrogens with zero attached hydrogens (tertiary/aromatic N) is 1. The summed E-state index contributed by atoms with van der Waals surface area (Å²) < 4.78 is 10.7. The van der Waals surface area contributed by atoms with Crippen molar-refractivity contribution in [2.24, 2.45) is 5.84 Å². The van der Waals surface area contributed by atoms with E-state index in [4.69, 9.17) is 15.3 Å². The zero-order chi connectivity index (χ0) is 12.1. The Kier molecular flexibility index (Phi) is 3.42. The van der Waals surface area contributed by atoms with E-state index in [0.29, 0.717) is 17.4 Å². The number of aromatic nitrogens is 1. The average Bonchev–Trinajstić information content (AvgIpc) is 2.39. The predicted octanol–water partition coefficient (Wildman–Crippen LogP) is 2.17. The fourth-order valence-corrected chi connectivity index (χ4v) is 1.34. The highest BCUT2D eigenvalue weighted by atomic mass is 16.5. The molecule has 1 heterocycles. The molecule has 5 heteroatoms. The largest absolute Gasteiger partial charge is 0.497 e. The van der Waals surface area contributed by atoms with Crippen LogP contribution in [-0.2, 0) is 0 Å². The summed E-state index contributed by atoms with van der Waals surface area (Å²) in [4.78, 5) is 4.14. The Bertz CT molecular complexity index is 457. The van der Waals surface area contributed by atoms with Crippen LogP contribution in [0.5, 0.6) is 17.4 Å². The van der Waals surface area contributed by atoms with E-state index in [0.717, 1.165) is 5.75 Å². The average molecular weight is 231 g/mol. The minimum Gasteiger partial charge on any atom is -0.497 e. The molecule has 0 saturated heterocycles. The smallest absolute Gasteiger partial charge is 0.221 e. The van der Waals surface area contributed by atoms with Crippen molar-refractivity contribution in [1.29, 1.82) is 0 Å². The zero-order valence-electron chi connectivity index (χ0n) is 9.38. The van der Waals surface area contributed by atoms with Crippen molar-refractivity contribution >= 4 is 5.82 Å². The monoisotopic (exact) mass is 231 g/mol. The van der Waals surface area contributed by atoms with E-state index in [1.165, 1.54) is 0 Å². The number of nitrogens with two attached hydrogens (primary N) is 1. The number of hydrazine groups is 1. The van der Waals surface area contributed by atoms with Gasteiger partial charge in [0.15, 0.2) is 0 Å². The molecule has 0 radical (unpaired) electrons. The minimum atomic E-state index is 0.466. The lowest BCUT2D eigenvalue weighted by Crippen LogP contribution is -2.08. The molecule has 2 aromatic rings. The first-order valence-corrected chi connectivity index (χ1v) is 5.07. The highest BCUT2D eigenvalue weighted by Crippen LogP contribution is 2.24. The van der Waals surface area contributed by atoms with Gasteiger partial charge in [-0.05, 0) is 18.2 Å². The van der Waals surface area contributed by atoms with Crippen molar-refractivity contribution in [3.63, 3.8) is 0 Å². The predicted molar refractivity (Wildman–Crippen MR) is 65.1 cm³/mol. The van der Waals surface area contributed by atoms with Crippen LogP contribution in [0.4, 0.5) is 5.82 Å². The molecule has 0 aliphatic heterocycles. The molecular formula is C12H13N3O2. The number of methoxy groups -OCH3 is 1. The molecule has 0 bridgehead atoms. The summed E-state index contributed by atoms with van der Waals surface area (Å²) in [5.41, 5.74) is 2.46. The maximum absolute atomic E-state index is 5.58. The van der Waals surface area contributed by atoms with Gasteiger partial charge in [-0.3, -0.25) is 0 Å². The van der Waals surface area contributed by atoms with E-state index in [2.05, 4.69) is 10.4 Å². The molecule has 1 aromatic heterocycles. The van der Waals surface area contributed by atoms with Crippen LogP contribution in [0, 0.1) is 0 Å². The lowest BCUT2D eigenvalue weighted by molar-refractivity contribution is 0.407. The standard InChI is InChI=1S/C12H13N3O2/c1-16-9-4-2-5-10(8-9)17-12-7-3-6-11(14-12)15-13/h2-8H,13H2,1H3,(H,14,15). The van der Waals surface area contributed by atoms with Gasteiger partial charge in [0.1, 0.15) is 17.3 Å². The fourth-order valence-electron chi connectivity index (χ4n) is 1.34. The van der Waals surface area contributed by atoms with Crippen LogP contribution in [0.2, 0.25) is 0 Å². The number of hydrogen-bond acceptors (Lipinski definition) is 5. The molecule has 3 N–H and O–H groups in total. The molecule has 0 aliphatic carbocycles. The van der Waals surface area contributed by atoms with Gasteiger partial charge in [0, 0.05) is 12.1 Å². The molecule has 0 amide bonds. The summed E-state index contributed by atoms with van der Waals surface area (Å²) in [7, 11) is 1.61. The third-order valence-electron chi connectivity index (χ3n) is 2.14. The molecular weight excluding hydrogens is 218 g/mol. The zero-order valence-corrected chi connectivity index (χ0v) is 9.38. The van der Waals surface area contributed by atoms with E-state index >= 15 is 0 Å². The lowest BCUT2D eigenvalue weighted by Gasteiger charge is -2.07. The van der Waals surface area contributed by atoms with Crippen molar-refractivity contribution in [2.75, 3.05) is 12.5 Å². The van der Waals surface area contributed by atoms with Crippen LogP contribution in [-0.4, -0.2) is 12.1 Å². The first-order chi connectivity index (χ1) is 8.31.